The molecule has 4 rings (SSSR count). The number of nitrogens with one attached hydrogen (secondary N) is 1. The molecule has 43 heavy (non-hydrogen) atoms. The van der Waals surface area contributed by atoms with Crippen LogP contribution in [0, 0.1) is 0 Å². The van der Waals surface area contributed by atoms with Gasteiger partial charge in [-0.3, -0.25) is 14.4 Å². The molecule has 0 bridgehead atoms. The van der Waals surface area contributed by atoms with Crippen molar-refractivity contribution in [3.63, 3.8) is 0 Å². The van der Waals surface area contributed by atoms with Crippen LogP contribution in [0.1, 0.15) is 51.0 Å². The lowest BCUT2D eigenvalue weighted by molar-refractivity contribution is -0.155. The van der Waals surface area contributed by atoms with Gasteiger partial charge in [-0.2, -0.15) is 5.10 Å². The van der Waals surface area contributed by atoms with Gasteiger partial charge in [-0.1, -0.05) is 30.3 Å². The molecule has 3 amide bonds. The summed E-state index contributed by atoms with van der Waals surface area (Å²) in [5.74, 6) is -0.967. The van der Waals surface area contributed by atoms with Crippen molar-refractivity contribution in [1.82, 2.24) is 29.9 Å². The van der Waals surface area contributed by atoms with E-state index in [0.717, 1.165) is 11.1 Å². The molecule has 0 saturated carbocycles. The summed E-state index contributed by atoms with van der Waals surface area (Å²) < 4.78 is 12.1. The Morgan fingerprint density at radius 2 is 1.65 bits per heavy atom. The third-order valence-corrected chi connectivity index (χ3v) is 6.67. The lowest BCUT2D eigenvalue weighted by atomic mass is 10.0. The van der Waals surface area contributed by atoms with E-state index in [-0.39, 0.29) is 44.1 Å². The molecule has 3 aromatic rings. The molecule has 12 heteroatoms. The summed E-state index contributed by atoms with van der Waals surface area (Å²) >= 11 is 0. The monoisotopic (exact) mass is 590 g/mol. The first-order chi connectivity index (χ1) is 20.5. The molecule has 1 aromatic carbocycles. The number of aromatic nitrogens is 3. The summed E-state index contributed by atoms with van der Waals surface area (Å²) in [5.41, 5.74) is 1.03. The highest BCUT2D eigenvalue weighted by Gasteiger charge is 2.32. The normalized spacial score (nSPS) is 14.1. The van der Waals surface area contributed by atoms with E-state index in [1.807, 2.05) is 36.4 Å². The Labute approximate surface area is 251 Å². The maximum atomic E-state index is 13.7. The molecule has 0 radical (unpaired) electrons. The number of ether oxygens (including phenoxy) is 2. The molecular formula is C31H38N6O6. The van der Waals surface area contributed by atoms with Gasteiger partial charge in [0.05, 0.1) is 6.61 Å². The van der Waals surface area contributed by atoms with Crippen LogP contribution in [0.5, 0.6) is 0 Å². The first-order valence-electron chi connectivity index (χ1n) is 14.3. The number of carbonyl (C=O) groups excluding carboxylic acids is 4. The van der Waals surface area contributed by atoms with Crippen LogP contribution in [0.25, 0.3) is 16.9 Å². The molecule has 12 nitrogen and oxygen atoms in total. The highest BCUT2D eigenvalue weighted by atomic mass is 16.6. The van der Waals surface area contributed by atoms with Crippen molar-refractivity contribution in [2.45, 2.75) is 52.2 Å². The van der Waals surface area contributed by atoms with Crippen molar-refractivity contribution in [3.8, 4) is 16.9 Å². The lowest BCUT2D eigenvalue weighted by Gasteiger charge is -2.36. The highest BCUT2D eigenvalue weighted by molar-refractivity contribution is 5.97. The third-order valence-electron chi connectivity index (χ3n) is 6.67. The largest absolute Gasteiger partial charge is 0.460 e. The smallest absolute Gasteiger partial charge is 0.409 e. The van der Waals surface area contributed by atoms with E-state index in [1.54, 1.807) is 61.8 Å². The summed E-state index contributed by atoms with van der Waals surface area (Å²) in [6, 6.07) is 13.8. The maximum absolute atomic E-state index is 13.7. The van der Waals surface area contributed by atoms with Crippen LogP contribution in [0.2, 0.25) is 0 Å². The predicted octanol–water partition coefficient (Wildman–Crippen LogP) is 3.46. The van der Waals surface area contributed by atoms with Gasteiger partial charge in [0.2, 0.25) is 5.91 Å². The molecule has 1 aliphatic heterocycles. The topological polar surface area (TPSA) is 136 Å². The second-order valence-electron chi connectivity index (χ2n) is 11.1. The molecule has 1 fully saturated rings. The first-order valence-corrected chi connectivity index (χ1v) is 14.3. The molecular weight excluding hydrogens is 552 g/mol. The number of benzene rings is 1. The average Bonchev–Trinajstić information content (AvgIpc) is 3.54. The fourth-order valence-electron chi connectivity index (χ4n) is 4.64. The van der Waals surface area contributed by atoms with Crippen LogP contribution in [-0.4, -0.2) is 92.9 Å². The van der Waals surface area contributed by atoms with E-state index in [2.05, 4.69) is 15.4 Å². The average molecular weight is 591 g/mol. The second-order valence-corrected chi connectivity index (χ2v) is 11.1. The molecule has 1 aliphatic rings. The van der Waals surface area contributed by atoms with Crippen LogP contribution in [-0.2, 0) is 19.1 Å². The SMILES string of the molecule is CCOC(=O)N1CCN(C(=O)[C@H](CCC(=O)OC(C)(C)C)NC(=O)c2cc(-c3ccccc3)cc(-n3cccn3)n2)CC1. The van der Waals surface area contributed by atoms with Gasteiger partial charge in [-0.25, -0.2) is 14.5 Å². The summed E-state index contributed by atoms with van der Waals surface area (Å²) in [6.45, 7) is 8.42. The van der Waals surface area contributed by atoms with Gasteiger partial charge < -0.3 is 24.6 Å². The van der Waals surface area contributed by atoms with Crippen molar-refractivity contribution in [1.29, 1.82) is 0 Å². The minimum atomic E-state index is -1.02. The summed E-state index contributed by atoms with van der Waals surface area (Å²) in [5, 5.41) is 7.07. The van der Waals surface area contributed by atoms with Crippen molar-refractivity contribution >= 4 is 23.9 Å². The van der Waals surface area contributed by atoms with E-state index in [9.17, 15) is 19.2 Å². The molecule has 1 atom stereocenters. The second kappa shape index (κ2) is 14.0. The number of pyridine rings is 1. The molecule has 1 saturated heterocycles. The number of hydrogen-bond donors (Lipinski definition) is 1. The highest BCUT2D eigenvalue weighted by Crippen LogP contribution is 2.23. The number of piperazine rings is 1. The zero-order valence-electron chi connectivity index (χ0n) is 25.0. The first kappa shape index (κ1) is 31.2. The minimum absolute atomic E-state index is 0.0297. The Balaban J connectivity index is 1.56. The van der Waals surface area contributed by atoms with Gasteiger partial charge in [0.25, 0.3) is 5.91 Å². The maximum Gasteiger partial charge on any atom is 0.409 e. The number of nitrogens with zero attached hydrogens (tertiary/aromatic N) is 5. The van der Waals surface area contributed by atoms with Gasteiger partial charge in [-0.05, 0) is 63.4 Å². The van der Waals surface area contributed by atoms with Crippen molar-refractivity contribution < 1.29 is 28.7 Å². The minimum Gasteiger partial charge on any atom is -0.460 e. The zero-order valence-corrected chi connectivity index (χ0v) is 25.0. The Bertz CT molecular complexity index is 1410. The van der Waals surface area contributed by atoms with Crippen LogP contribution in [0.4, 0.5) is 4.79 Å². The van der Waals surface area contributed by atoms with Gasteiger partial charge in [-0.15, -0.1) is 0 Å². The quantitative estimate of drug-likeness (QED) is 0.375. The van der Waals surface area contributed by atoms with E-state index in [0.29, 0.717) is 18.9 Å². The summed E-state index contributed by atoms with van der Waals surface area (Å²) in [7, 11) is 0. The number of amides is 3. The Kier molecular flexibility index (Phi) is 10.1. The Hall–Kier alpha value is -4.74. The number of rotatable bonds is 9. The summed E-state index contributed by atoms with van der Waals surface area (Å²) in [6.07, 6.45) is 2.86. The fraction of sp³-hybridized carbons (Fsp3) is 0.419. The fourth-order valence-corrected chi connectivity index (χ4v) is 4.64. The third kappa shape index (κ3) is 8.63. The lowest BCUT2D eigenvalue weighted by Crippen LogP contribution is -2.56. The van der Waals surface area contributed by atoms with E-state index in [1.165, 1.54) is 4.90 Å². The zero-order chi connectivity index (χ0) is 31.0. The van der Waals surface area contributed by atoms with Crippen molar-refractivity contribution in [3.05, 3.63) is 66.6 Å². The number of carbonyl (C=O) groups is 4. The van der Waals surface area contributed by atoms with Gasteiger partial charge in [0.1, 0.15) is 17.3 Å². The molecule has 0 unspecified atom stereocenters. The Morgan fingerprint density at radius 3 is 2.28 bits per heavy atom. The van der Waals surface area contributed by atoms with Crippen LogP contribution in [0.3, 0.4) is 0 Å². The number of hydrogen-bond acceptors (Lipinski definition) is 8. The van der Waals surface area contributed by atoms with Crippen LogP contribution < -0.4 is 5.32 Å². The Morgan fingerprint density at radius 1 is 0.953 bits per heavy atom. The van der Waals surface area contributed by atoms with E-state index >= 15 is 0 Å². The molecule has 0 spiro atoms. The van der Waals surface area contributed by atoms with E-state index in [4.69, 9.17) is 9.47 Å². The molecule has 228 valence electrons. The summed E-state index contributed by atoms with van der Waals surface area (Å²) in [4.78, 5) is 59.7. The molecule has 1 N–H and O–H groups in total. The van der Waals surface area contributed by atoms with Crippen LogP contribution in [0.15, 0.2) is 60.9 Å². The standard InChI is InChI=1S/C31H38N6O6/c1-5-42-30(41)36-18-16-35(17-19-36)29(40)24(12-13-27(38)43-31(2,3)4)34-28(39)25-20-23(22-10-7-6-8-11-22)21-26(33-25)37-15-9-14-32-37/h6-11,14-15,20-21,24H,5,12-13,16-19H2,1-4H3,(H,34,39)/t24-/m0/s1. The van der Waals surface area contributed by atoms with Crippen molar-refractivity contribution in [2.24, 2.45) is 0 Å². The van der Waals surface area contributed by atoms with E-state index < -0.39 is 29.6 Å². The van der Waals surface area contributed by atoms with Gasteiger partial charge >= 0.3 is 12.1 Å². The molecule has 2 aromatic heterocycles. The number of esters is 1. The van der Waals surface area contributed by atoms with Gasteiger partial charge in [0, 0.05) is 45.0 Å². The molecule has 3 heterocycles. The van der Waals surface area contributed by atoms with Gasteiger partial charge in [0.15, 0.2) is 5.82 Å². The van der Waals surface area contributed by atoms with Crippen LogP contribution >= 0.6 is 0 Å². The van der Waals surface area contributed by atoms with Crippen molar-refractivity contribution in [2.75, 3.05) is 32.8 Å². The predicted molar refractivity (Wildman–Crippen MR) is 158 cm³/mol. The molecule has 0 aliphatic carbocycles.